The van der Waals surface area contributed by atoms with Crippen molar-refractivity contribution in [2.45, 2.75) is 0 Å². The van der Waals surface area contributed by atoms with Crippen molar-refractivity contribution in [3.63, 3.8) is 0 Å². The molecule has 0 aromatic carbocycles. The molecule has 0 amide bonds. The van der Waals surface area contributed by atoms with Gasteiger partial charge in [0.2, 0.25) is 5.82 Å². The predicted octanol–water partition coefficient (Wildman–Crippen LogP) is 0.549. The highest BCUT2D eigenvalue weighted by Crippen LogP contribution is 1.98. The van der Waals surface area contributed by atoms with Gasteiger partial charge in [0, 0.05) is 11.5 Å². The van der Waals surface area contributed by atoms with Gasteiger partial charge < -0.3 is 0 Å². The van der Waals surface area contributed by atoms with Crippen LogP contribution < -0.4 is 0 Å². The van der Waals surface area contributed by atoms with Crippen molar-refractivity contribution in [3.8, 4) is 6.07 Å². The summed E-state index contributed by atoms with van der Waals surface area (Å²) in [5.41, 5.74) is 0. The van der Waals surface area contributed by atoms with Gasteiger partial charge in [0.25, 0.3) is 5.26 Å². The molecule has 1 heterocycles. The van der Waals surface area contributed by atoms with Crippen molar-refractivity contribution in [3.05, 3.63) is 11.1 Å². The summed E-state index contributed by atoms with van der Waals surface area (Å²) in [6.07, 6.45) is 0. The lowest BCUT2D eigenvalue weighted by atomic mass is 10.7. The molecular formula is C3FN3S. The molecule has 1 aromatic heterocycles. The van der Waals surface area contributed by atoms with Crippen LogP contribution in [-0.2, 0) is 0 Å². The van der Waals surface area contributed by atoms with Crippen molar-refractivity contribution in [1.29, 1.82) is 5.26 Å². The van der Waals surface area contributed by atoms with Crippen molar-refractivity contribution < 1.29 is 4.39 Å². The fourth-order valence-electron chi connectivity index (χ4n) is 0.250. The maximum atomic E-state index is 11.8. The molecule has 0 spiro atoms. The molecule has 1 aromatic rings. The minimum absolute atomic E-state index is 0.104. The Morgan fingerprint density at radius 3 is 2.75 bits per heavy atom. The normalized spacial score (nSPS) is 8.50. The fourth-order valence-corrected chi connectivity index (χ4v) is 0.621. The SMILES string of the molecule is N#Cc1nsc(F)n1. The Hall–Kier alpha value is -1.02. The molecule has 0 saturated carbocycles. The standard InChI is InChI=1S/C3FN3S/c4-3-6-2(1-5)7-8-3. The van der Waals surface area contributed by atoms with E-state index in [0.717, 1.165) is 0 Å². The minimum Gasteiger partial charge on any atom is -0.189 e. The van der Waals surface area contributed by atoms with E-state index in [1.807, 2.05) is 0 Å². The van der Waals surface area contributed by atoms with Crippen LogP contribution in [0.4, 0.5) is 4.39 Å². The van der Waals surface area contributed by atoms with E-state index in [1.165, 1.54) is 0 Å². The second-order valence-corrected chi connectivity index (χ2v) is 1.68. The lowest BCUT2D eigenvalue weighted by Crippen LogP contribution is -1.73. The lowest BCUT2D eigenvalue weighted by Gasteiger charge is -1.62. The van der Waals surface area contributed by atoms with E-state index in [0.29, 0.717) is 11.5 Å². The van der Waals surface area contributed by atoms with Crippen LogP contribution in [0.15, 0.2) is 0 Å². The van der Waals surface area contributed by atoms with Gasteiger partial charge in [-0.1, -0.05) is 0 Å². The molecule has 0 aliphatic heterocycles. The molecule has 0 bridgehead atoms. The van der Waals surface area contributed by atoms with Gasteiger partial charge in [-0.15, -0.1) is 0 Å². The Balaban J connectivity index is 3.05. The van der Waals surface area contributed by atoms with Gasteiger partial charge in [0.1, 0.15) is 6.07 Å². The number of nitrogens with zero attached hydrogens (tertiary/aromatic N) is 3. The Labute approximate surface area is 48.6 Å². The Morgan fingerprint density at radius 2 is 2.50 bits per heavy atom. The van der Waals surface area contributed by atoms with E-state index in [1.54, 1.807) is 6.07 Å². The number of hydrogen-bond acceptors (Lipinski definition) is 4. The predicted molar refractivity (Wildman–Crippen MR) is 24.6 cm³/mol. The van der Waals surface area contributed by atoms with E-state index in [9.17, 15) is 4.39 Å². The fraction of sp³-hybridized carbons (Fsp3) is 0. The monoisotopic (exact) mass is 129 g/mol. The third kappa shape index (κ3) is 0.792. The van der Waals surface area contributed by atoms with Gasteiger partial charge in [-0.25, -0.2) is 0 Å². The highest BCUT2D eigenvalue weighted by molar-refractivity contribution is 7.03. The van der Waals surface area contributed by atoms with Crippen molar-refractivity contribution in [2.24, 2.45) is 0 Å². The second kappa shape index (κ2) is 1.84. The molecule has 0 aliphatic rings. The summed E-state index contributed by atoms with van der Waals surface area (Å²) in [4.78, 5) is 3.11. The maximum Gasteiger partial charge on any atom is 0.289 e. The van der Waals surface area contributed by atoms with Gasteiger partial charge in [-0.05, 0) is 0 Å². The Bertz CT molecular complexity index is 225. The molecule has 40 valence electrons. The summed E-state index contributed by atoms with van der Waals surface area (Å²) in [6, 6.07) is 1.60. The molecule has 0 atom stereocenters. The van der Waals surface area contributed by atoms with Crippen LogP contribution in [0.3, 0.4) is 0 Å². The van der Waals surface area contributed by atoms with E-state index in [-0.39, 0.29) is 5.82 Å². The number of halogens is 1. The molecule has 0 unspecified atom stereocenters. The summed E-state index contributed by atoms with van der Waals surface area (Å²) in [7, 11) is 0. The molecular weight excluding hydrogens is 129 g/mol. The molecule has 0 radical (unpaired) electrons. The van der Waals surface area contributed by atoms with Crippen LogP contribution in [0.1, 0.15) is 5.82 Å². The van der Waals surface area contributed by atoms with Crippen molar-refractivity contribution >= 4 is 11.5 Å². The van der Waals surface area contributed by atoms with E-state index in [4.69, 9.17) is 5.26 Å². The van der Waals surface area contributed by atoms with Crippen LogP contribution in [-0.4, -0.2) is 9.36 Å². The molecule has 8 heavy (non-hydrogen) atoms. The third-order valence-corrected chi connectivity index (χ3v) is 1.01. The molecule has 0 N–H and O–H groups in total. The number of rotatable bonds is 0. The summed E-state index contributed by atoms with van der Waals surface area (Å²) in [5.74, 6) is -0.104. The van der Waals surface area contributed by atoms with Crippen LogP contribution in [0.2, 0.25) is 0 Å². The first-order chi connectivity index (χ1) is 3.83. The van der Waals surface area contributed by atoms with Gasteiger partial charge in [0.05, 0.1) is 0 Å². The molecule has 0 saturated heterocycles. The maximum absolute atomic E-state index is 11.8. The molecule has 0 fully saturated rings. The van der Waals surface area contributed by atoms with Gasteiger partial charge in [-0.2, -0.15) is 19.0 Å². The molecule has 1 rings (SSSR count). The first kappa shape index (κ1) is 5.12. The summed E-state index contributed by atoms with van der Waals surface area (Å²) in [6.45, 7) is 0. The largest absolute Gasteiger partial charge is 0.289 e. The Kier molecular flexibility index (Phi) is 1.18. The lowest BCUT2D eigenvalue weighted by molar-refractivity contribution is 0.615. The first-order valence-electron chi connectivity index (χ1n) is 1.72. The smallest absolute Gasteiger partial charge is 0.189 e. The zero-order valence-corrected chi connectivity index (χ0v) is 4.44. The van der Waals surface area contributed by atoms with E-state index >= 15 is 0 Å². The second-order valence-electron chi connectivity index (χ2n) is 0.983. The Morgan fingerprint density at radius 1 is 1.75 bits per heavy atom. The highest BCUT2D eigenvalue weighted by atomic mass is 32.1. The average Bonchev–Trinajstić information content (AvgIpc) is 2.14. The van der Waals surface area contributed by atoms with Crippen molar-refractivity contribution in [2.75, 3.05) is 0 Å². The van der Waals surface area contributed by atoms with Crippen LogP contribution in [0.5, 0.6) is 0 Å². The van der Waals surface area contributed by atoms with Gasteiger partial charge in [0.15, 0.2) is 0 Å². The summed E-state index contributed by atoms with van der Waals surface area (Å²) < 4.78 is 15.1. The van der Waals surface area contributed by atoms with E-state index < -0.39 is 5.26 Å². The average molecular weight is 129 g/mol. The summed E-state index contributed by atoms with van der Waals surface area (Å²) in [5, 5.41) is 7.35. The molecule has 3 nitrogen and oxygen atoms in total. The topological polar surface area (TPSA) is 49.6 Å². The first-order valence-corrected chi connectivity index (χ1v) is 2.49. The van der Waals surface area contributed by atoms with Crippen LogP contribution in [0.25, 0.3) is 0 Å². The summed E-state index contributed by atoms with van der Waals surface area (Å²) >= 11 is 0.579. The number of hydrogen-bond donors (Lipinski definition) is 0. The van der Waals surface area contributed by atoms with Gasteiger partial charge >= 0.3 is 0 Å². The highest BCUT2D eigenvalue weighted by Gasteiger charge is 1.97. The molecule has 5 heteroatoms. The van der Waals surface area contributed by atoms with E-state index in [2.05, 4.69) is 9.36 Å². The minimum atomic E-state index is -0.665. The number of aromatic nitrogens is 2. The zero-order chi connectivity index (χ0) is 5.98. The quantitative estimate of drug-likeness (QED) is 0.514. The van der Waals surface area contributed by atoms with Crippen LogP contribution >= 0.6 is 11.5 Å². The van der Waals surface area contributed by atoms with Gasteiger partial charge in [-0.3, -0.25) is 0 Å². The number of nitriles is 1. The third-order valence-electron chi connectivity index (χ3n) is 0.501. The van der Waals surface area contributed by atoms with Crippen molar-refractivity contribution in [1.82, 2.24) is 9.36 Å². The zero-order valence-electron chi connectivity index (χ0n) is 3.63. The van der Waals surface area contributed by atoms with Crippen LogP contribution in [0, 0.1) is 16.6 Å². The molecule has 0 aliphatic carbocycles.